The van der Waals surface area contributed by atoms with Crippen LogP contribution in [0.1, 0.15) is 22.5 Å². The van der Waals surface area contributed by atoms with Crippen LogP contribution in [0.3, 0.4) is 0 Å². The van der Waals surface area contributed by atoms with Gasteiger partial charge in [0.15, 0.2) is 0 Å². The van der Waals surface area contributed by atoms with Crippen LogP contribution in [0.5, 0.6) is 0 Å². The van der Waals surface area contributed by atoms with Crippen LogP contribution >= 0.6 is 46.1 Å². The van der Waals surface area contributed by atoms with E-state index in [0.717, 1.165) is 52.6 Å². The number of nitrogens with one attached hydrogen (secondary N) is 5. The summed E-state index contributed by atoms with van der Waals surface area (Å²) in [6.07, 6.45) is 12.8. The van der Waals surface area contributed by atoms with Gasteiger partial charge in [0.05, 0.1) is 24.0 Å². The molecule has 10 rings (SSSR count). The van der Waals surface area contributed by atoms with Gasteiger partial charge in [0, 0.05) is 99.7 Å². The van der Waals surface area contributed by atoms with Crippen LogP contribution in [0.25, 0.3) is 50.3 Å². The first-order valence-corrected chi connectivity index (χ1v) is 18.3. The Morgan fingerprint density at radius 2 is 1.40 bits per heavy atom. The Morgan fingerprint density at radius 1 is 0.766 bits per heavy atom. The molecule has 6 aromatic heterocycles. The van der Waals surface area contributed by atoms with Crippen LogP contribution in [-0.4, -0.2) is 61.4 Å². The Hall–Kier alpha value is -4.21. The molecule has 13 heteroatoms. The molecule has 2 aromatic carbocycles. The molecule has 0 saturated heterocycles. The van der Waals surface area contributed by atoms with Crippen molar-refractivity contribution in [1.82, 2.24) is 49.9 Å². The SMILES string of the molecule is Cc1[nH]nc2c1CCSc1c-2[nH]c2ccc(-n3ccnc3)cc12.Cc1[nH]nc2c1CCSc1c-2[nH]c2ccc(I)cc12.c1c[nH]cn1. The predicted molar refractivity (Wildman–Crippen MR) is 199 cm³/mol. The topological polar surface area (TPSA) is 135 Å². The molecule has 0 unspecified atom stereocenters. The fourth-order valence-corrected chi connectivity index (χ4v) is 8.90. The maximum absolute atomic E-state index is 4.54. The van der Waals surface area contributed by atoms with Crippen LogP contribution in [0, 0.1) is 17.4 Å². The zero-order valence-corrected chi connectivity index (χ0v) is 29.5. The summed E-state index contributed by atoms with van der Waals surface area (Å²) in [5, 5.41) is 17.9. The Labute approximate surface area is 292 Å². The smallest absolute Gasteiger partial charge is 0.113 e. The molecule has 236 valence electrons. The fraction of sp³-hybridized carbons (Fsp3) is 0.176. The highest BCUT2D eigenvalue weighted by Crippen LogP contribution is 2.43. The molecule has 0 amide bonds. The van der Waals surface area contributed by atoms with Gasteiger partial charge in [0.25, 0.3) is 0 Å². The van der Waals surface area contributed by atoms with Crippen molar-refractivity contribution in [2.24, 2.45) is 0 Å². The standard InChI is InChI=1S/C17H15N5S.C14H12IN3S.C3H4N2/c1-10-12-4-7-23-17-13-8-11(22-6-5-18-9-22)2-3-14(13)19-16(17)15(12)21-20-10;1-7-9-4-5-19-14-10-6-8(15)2-3-11(10)16-13(14)12(9)18-17-7;1-2-5-3-4-1/h2-3,5-6,8-9,19H,4,7H2,1H3,(H,20,21);2-3,6,16H,4-5H2,1H3,(H,17,18);1-3H,(H,4,5). The molecule has 0 fully saturated rings. The lowest BCUT2D eigenvalue weighted by Gasteiger charge is -2.03. The molecule has 0 spiro atoms. The zero-order chi connectivity index (χ0) is 31.9. The number of fused-ring (bicyclic) bond motifs is 10. The number of aromatic nitrogens is 10. The Morgan fingerprint density at radius 3 is 1.96 bits per heavy atom. The second-order valence-electron chi connectivity index (χ2n) is 11.4. The number of benzene rings is 2. The van der Waals surface area contributed by atoms with Crippen LogP contribution in [0.2, 0.25) is 0 Å². The zero-order valence-electron chi connectivity index (χ0n) is 25.7. The lowest BCUT2D eigenvalue weighted by Crippen LogP contribution is -1.90. The number of halogens is 1. The van der Waals surface area contributed by atoms with Gasteiger partial charge in [-0.25, -0.2) is 9.97 Å². The maximum atomic E-state index is 4.54. The minimum Gasteiger partial charge on any atom is -0.352 e. The van der Waals surface area contributed by atoms with E-state index < -0.39 is 0 Å². The van der Waals surface area contributed by atoms with E-state index in [9.17, 15) is 0 Å². The van der Waals surface area contributed by atoms with E-state index in [1.54, 1.807) is 24.9 Å². The second-order valence-corrected chi connectivity index (χ2v) is 14.8. The Kier molecular flexibility index (Phi) is 8.19. The monoisotopic (exact) mass is 770 g/mol. The minimum atomic E-state index is 1.05. The van der Waals surface area contributed by atoms with E-state index >= 15 is 0 Å². The lowest BCUT2D eigenvalue weighted by molar-refractivity contribution is 1.04. The van der Waals surface area contributed by atoms with Crippen molar-refractivity contribution in [2.45, 2.75) is 36.5 Å². The Bertz CT molecular complexity index is 2290. The van der Waals surface area contributed by atoms with Crippen molar-refractivity contribution in [3.05, 3.63) is 99.9 Å². The van der Waals surface area contributed by atoms with Crippen molar-refractivity contribution in [3.63, 3.8) is 0 Å². The van der Waals surface area contributed by atoms with Gasteiger partial charge in [-0.1, -0.05) is 0 Å². The molecule has 0 radical (unpaired) electrons. The second kappa shape index (κ2) is 12.8. The van der Waals surface area contributed by atoms with Gasteiger partial charge in [-0.05, 0) is 85.7 Å². The highest BCUT2D eigenvalue weighted by molar-refractivity contribution is 14.1. The summed E-state index contributed by atoms with van der Waals surface area (Å²) < 4.78 is 3.31. The summed E-state index contributed by atoms with van der Waals surface area (Å²) in [6, 6.07) is 13.0. The van der Waals surface area contributed by atoms with Gasteiger partial charge in [0.1, 0.15) is 11.4 Å². The minimum absolute atomic E-state index is 1.05. The van der Waals surface area contributed by atoms with E-state index in [1.807, 2.05) is 40.6 Å². The normalized spacial score (nSPS) is 13.3. The molecule has 8 heterocycles. The van der Waals surface area contributed by atoms with Gasteiger partial charge in [-0.2, -0.15) is 10.2 Å². The molecule has 0 aliphatic carbocycles. The molecule has 0 saturated carbocycles. The van der Waals surface area contributed by atoms with Crippen LogP contribution < -0.4 is 0 Å². The van der Waals surface area contributed by atoms with E-state index in [0.29, 0.717) is 0 Å². The third-order valence-corrected chi connectivity index (χ3v) is 11.4. The van der Waals surface area contributed by atoms with Gasteiger partial charge < -0.3 is 19.5 Å². The molecule has 2 aliphatic rings. The van der Waals surface area contributed by atoms with Gasteiger partial charge >= 0.3 is 0 Å². The Balaban J connectivity index is 0.000000122. The first-order chi connectivity index (χ1) is 23.0. The number of hydrogen-bond donors (Lipinski definition) is 5. The van der Waals surface area contributed by atoms with Gasteiger partial charge in [-0.15, -0.1) is 23.5 Å². The molecule has 0 atom stereocenters. The predicted octanol–water partition coefficient (Wildman–Crippen LogP) is 8.23. The van der Waals surface area contributed by atoms with Crippen LogP contribution in [0.15, 0.2) is 83.6 Å². The highest BCUT2D eigenvalue weighted by atomic mass is 127. The molecule has 2 aliphatic heterocycles. The number of hydrogen-bond acceptors (Lipinski definition) is 6. The third kappa shape index (κ3) is 5.69. The first-order valence-electron chi connectivity index (χ1n) is 15.3. The number of H-pyrrole nitrogens is 5. The summed E-state index contributed by atoms with van der Waals surface area (Å²) in [5.74, 6) is 2.18. The largest absolute Gasteiger partial charge is 0.352 e. The van der Waals surface area contributed by atoms with Crippen molar-refractivity contribution >= 4 is 67.9 Å². The number of thioether (sulfide) groups is 2. The summed E-state index contributed by atoms with van der Waals surface area (Å²) in [5.41, 5.74) is 13.0. The average Bonchev–Trinajstić information content (AvgIpc) is 3.93. The van der Waals surface area contributed by atoms with Crippen LogP contribution in [0.4, 0.5) is 0 Å². The van der Waals surface area contributed by atoms with E-state index in [2.05, 4.69) is 118 Å². The number of imidazole rings is 2. The number of aryl methyl sites for hydroxylation is 2. The summed E-state index contributed by atoms with van der Waals surface area (Å²) in [6.45, 7) is 4.20. The highest BCUT2D eigenvalue weighted by Gasteiger charge is 2.24. The summed E-state index contributed by atoms with van der Waals surface area (Å²) >= 11 is 6.22. The average molecular weight is 771 g/mol. The van der Waals surface area contributed by atoms with Crippen molar-refractivity contribution in [3.8, 4) is 28.5 Å². The van der Waals surface area contributed by atoms with E-state index in [1.165, 1.54) is 57.9 Å². The number of nitrogens with zero attached hydrogens (tertiary/aromatic N) is 5. The first kappa shape index (κ1) is 30.1. The molecule has 47 heavy (non-hydrogen) atoms. The molecular formula is C34H31IN10S2. The van der Waals surface area contributed by atoms with E-state index in [-0.39, 0.29) is 0 Å². The van der Waals surface area contributed by atoms with Crippen molar-refractivity contribution < 1.29 is 0 Å². The molecule has 5 N–H and O–H groups in total. The fourth-order valence-electron chi connectivity index (χ4n) is 6.16. The van der Waals surface area contributed by atoms with Crippen molar-refractivity contribution in [2.75, 3.05) is 11.5 Å². The maximum Gasteiger partial charge on any atom is 0.113 e. The number of aromatic amines is 5. The summed E-state index contributed by atoms with van der Waals surface area (Å²) in [4.78, 5) is 20.3. The number of rotatable bonds is 1. The molecular weight excluding hydrogens is 739 g/mol. The quantitative estimate of drug-likeness (QED) is 0.107. The summed E-state index contributed by atoms with van der Waals surface area (Å²) in [7, 11) is 0. The van der Waals surface area contributed by atoms with Gasteiger partial charge in [0.2, 0.25) is 0 Å². The lowest BCUT2D eigenvalue weighted by atomic mass is 10.1. The molecule has 8 aromatic rings. The molecule has 10 nitrogen and oxygen atoms in total. The van der Waals surface area contributed by atoms with Gasteiger partial charge in [-0.3, -0.25) is 10.2 Å². The van der Waals surface area contributed by atoms with E-state index in [4.69, 9.17) is 0 Å². The van der Waals surface area contributed by atoms with Crippen LogP contribution in [-0.2, 0) is 12.8 Å². The molecule has 0 bridgehead atoms. The van der Waals surface area contributed by atoms with Crippen molar-refractivity contribution in [1.29, 1.82) is 0 Å². The third-order valence-electron chi connectivity index (χ3n) is 8.47.